The van der Waals surface area contributed by atoms with Gasteiger partial charge in [-0.3, -0.25) is 4.79 Å². The molecule has 0 unspecified atom stereocenters. The van der Waals surface area contributed by atoms with Crippen LogP contribution in [0.15, 0.2) is 18.2 Å². The van der Waals surface area contributed by atoms with Gasteiger partial charge in [-0.25, -0.2) is 0 Å². The zero-order chi connectivity index (χ0) is 13.7. The summed E-state index contributed by atoms with van der Waals surface area (Å²) in [6, 6.07) is 5.14. The molecule has 0 heterocycles. The largest absolute Gasteiger partial charge is 0.493 e. The first-order valence-corrected chi connectivity index (χ1v) is 7.53. The molecule has 4 heteroatoms. The Morgan fingerprint density at radius 3 is 2.58 bits per heavy atom. The van der Waals surface area contributed by atoms with E-state index in [-0.39, 0.29) is 5.92 Å². The highest BCUT2D eigenvalue weighted by Crippen LogP contribution is 2.27. The van der Waals surface area contributed by atoms with Gasteiger partial charge >= 0.3 is 0 Å². The van der Waals surface area contributed by atoms with Crippen LogP contribution in [0.4, 0.5) is 0 Å². The van der Waals surface area contributed by atoms with E-state index in [2.05, 4.69) is 0 Å². The summed E-state index contributed by atoms with van der Waals surface area (Å²) in [4.78, 5) is 12.0. The number of rotatable bonds is 5. The second kappa shape index (κ2) is 7.16. The van der Waals surface area contributed by atoms with Crippen molar-refractivity contribution in [2.24, 2.45) is 5.92 Å². The number of ether oxygens (including phenoxy) is 1. The number of halogens is 2. The highest BCUT2D eigenvalue weighted by molar-refractivity contribution is 6.42. The maximum absolute atomic E-state index is 12.0. The molecule has 19 heavy (non-hydrogen) atoms. The molecule has 0 aromatic heterocycles. The Morgan fingerprint density at radius 1 is 1.16 bits per heavy atom. The quantitative estimate of drug-likeness (QED) is 0.772. The lowest BCUT2D eigenvalue weighted by atomic mass is 9.85. The highest BCUT2D eigenvalue weighted by Gasteiger charge is 2.20. The first-order chi connectivity index (χ1) is 9.16. The van der Waals surface area contributed by atoms with Crippen LogP contribution in [-0.4, -0.2) is 12.4 Å². The average molecular weight is 301 g/mol. The molecule has 2 nitrogen and oxygen atoms in total. The molecule has 1 fully saturated rings. The van der Waals surface area contributed by atoms with E-state index in [9.17, 15) is 4.79 Å². The fraction of sp³-hybridized carbons (Fsp3) is 0.533. The zero-order valence-corrected chi connectivity index (χ0v) is 12.3. The van der Waals surface area contributed by atoms with Gasteiger partial charge in [-0.1, -0.05) is 42.5 Å². The predicted octanol–water partition coefficient (Wildman–Crippen LogP) is 4.91. The summed E-state index contributed by atoms with van der Waals surface area (Å²) in [5.41, 5.74) is 0. The number of hydrogen-bond acceptors (Lipinski definition) is 2. The van der Waals surface area contributed by atoms with Crippen LogP contribution in [-0.2, 0) is 4.79 Å². The van der Waals surface area contributed by atoms with Gasteiger partial charge in [-0.05, 0) is 25.0 Å². The smallest absolute Gasteiger partial charge is 0.139 e. The van der Waals surface area contributed by atoms with Crippen LogP contribution in [0.25, 0.3) is 0 Å². The van der Waals surface area contributed by atoms with Crippen molar-refractivity contribution in [3.8, 4) is 5.75 Å². The third-order valence-electron chi connectivity index (χ3n) is 3.57. The molecule has 1 aromatic carbocycles. The van der Waals surface area contributed by atoms with Crippen molar-refractivity contribution in [2.75, 3.05) is 6.61 Å². The third kappa shape index (κ3) is 4.39. The fourth-order valence-corrected chi connectivity index (χ4v) is 2.75. The molecule has 1 aliphatic carbocycles. The molecular weight excluding hydrogens is 283 g/mol. The second-order valence-electron chi connectivity index (χ2n) is 4.98. The Hall–Kier alpha value is -0.730. The minimum atomic E-state index is 0.256. The predicted molar refractivity (Wildman–Crippen MR) is 78.2 cm³/mol. The summed E-state index contributed by atoms with van der Waals surface area (Å²) in [6.45, 7) is 0.410. The minimum Gasteiger partial charge on any atom is -0.493 e. The zero-order valence-electron chi connectivity index (χ0n) is 10.8. The summed E-state index contributed by atoms with van der Waals surface area (Å²) < 4.78 is 5.54. The molecule has 0 atom stereocenters. The van der Waals surface area contributed by atoms with Crippen LogP contribution >= 0.6 is 23.2 Å². The van der Waals surface area contributed by atoms with Crippen LogP contribution in [0.5, 0.6) is 5.75 Å². The molecule has 0 radical (unpaired) electrons. The molecule has 104 valence electrons. The van der Waals surface area contributed by atoms with Crippen molar-refractivity contribution >= 4 is 29.0 Å². The molecule has 1 aromatic rings. The van der Waals surface area contributed by atoms with Crippen LogP contribution < -0.4 is 4.74 Å². The molecule has 0 spiro atoms. The van der Waals surface area contributed by atoms with E-state index in [1.54, 1.807) is 18.2 Å². The maximum atomic E-state index is 12.0. The van der Waals surface area contributed by atoms with Crippen molar-refractivity contribution in [3.63, 3.8) is 0 Å². The van der Waals surface area contributed by atoms with Crippen molar-refractivity contribution in [1.82, 2.24) is 0 Å². The van der Waals surface area contributed by atoms with Crippen molar-refractivity contribution < 1.29 is 9.53 Å². The van der Waals surface area contributed by atoms with Gasteiger partial charge in [-0.15, -0.1) is 0 Å². The number of carbonyl (C=O) groups excluding carboxylic acids is 1. The first-order valence-electron chi connectivity index (χ1n) is 6.77. The Balaban J connectivity index is 1.76. The number of benzene rings is 1. The van der Waals surface area contributed by atoms with Gasteiger partial charge in [0.15, 0.2) is 0 Å². The minimum absolute atomic E-state index is 0.256. The van der Waals surface area contributed by atoms with E-state index in [0.29, 0.717) is 34.6 Å². The fourth-order valence-electron chi connectivity index (χ4n) is 2.46. The van der Waals surface area contributed by atoms with Crippen LogP contribution in [0, 0.1) is 5.92 Å². The van der Waals surface area contributed by atoms with Gasteiger partial charge in [0.2, 0.25) is 0 Å². The standard InChI is InChI=1S/C15H18Cl2O2/c16-13-7-6-12(10-14(13)17)19-9-8-15(18)11-4-2-1-3-5-11/h6-7,10-11H,1-5,8-9H2. The summed E-state index contributed by atoms with van der Waals surface area (Å²) in [6.07, 6.45) is 6.21. The molecule has 0 saturated heterocycles. The van der Waals surface area contributed by atoms with Gasteiger partial charge in [0, 0.05) is 18.4 Å². The van der Waals surface area contributed by atoms with Gasteiger partial charge < -0.3 is 4.74 Å². The van der Waals surface area contributed by atoms with Crippen LogP contribution in [0.1, 0.15) is 38.5 Å². The molecule has 1 saturated carbocycles. The first kappa shape index (κ1) is 14.7. The van der Waals surface area contributed by atoms with Gasteiger partial charge in [0.1, 0.15) is 11.5 Å². The van der Waals surface area contributed by atoms with Crippen molar-refractivity contribution in [1.29, 1.82) is 0 Å². The Morgan fingerprint density at radius 2 is 1.89 bits per heavy atom. The number of ketones is 1. The van der Waals surface area contributed by atoms with E-state index < -0.39 is 0 Å². The maximum Gasteiger partial charge on any atom is 0.139 e. The van der Waals surface area contributed by atoms with E-state index in [0.717, 1.165) is 12.8 Å². The van der Waals surface area contributed by atoms with Crippen molar-refractivity contribution in [3.05, 3.63) is 28.2 Å². The number of hydrogen-bond donors (Lipinski definition) is 0. The molecule has 0 bridgehead atoms. The molecule has 0 N–H and O–H groups in total. The topological polar surface area (TPSA) is 26.3 Å². The Labute approximate surface area is 124 Å². The second-order valence-corrected chi connectivity index (χ2v) is 5.79. The van der Waals surface area contributed by atoms with E-state index in [1.807, 2.05) is 0 Å². The van der Waals surface area contributed by atoms with Gasteiger partial charge in [0.05, 0.1) is 16.7 Å². The van der Waals surface area contributed by atoms with Gasteiger partial charge in [0.25, 0.3) is 0 Å². The highest BCUT2D eigenvalue weighted by atomic mass is 35.5. The molecular formula is C15H18Cl2O2. The number of Topliss-reactive ketones (excluding diaryl/α,β-unsaturated/α-hetero) is 1. The summed E-state index contributed by atoms with van der Waals surface area (Å²) in [5, 5.41) is 0.977. The molecule has 0 aliphatic heterocycles. The lowest BCUT2D eigenvalue weighted by Crippen LogP contribution is -2.19. The average Bonchev–Trinajstić information content (AvgIpc) is 2.43. The van der Waals surface area contributed by atoms with E-state index in [1.165, 1.54) is 19.3 Å². The third-order valence-corrected chi connectivity index (χ3v) is 4.31. The molecule has 0 amide bonds. The Bertz CT molecular complexity index is 440. The molecule has 1 aliphatic rings. The number of carbonyl (C=O) groups is 1. The van der Waals surface area contributed by atoms with Crippen LogP contribution in [0.3, 0.4) is 0 Å². The molecule has 2 rings (SSSR count). The summed E-state index contributed by atoms with van der Waals surface area (Å²) in [5.74, 6) is 1.25. The lowest BCUT2D eigenvalue weighted by molar-refractivity contribution is -0.124. The summed E-state index contributed by atoms with van der Waals surface area (Å²) >= 11 is 11.7. The summed E-state index contributed by atoms with van der Waals surface area (Å²) in [7, 11) is 0. The monoisotopic (exact) mass is 300 g/mol. The SMILES string of the molecule is O=C(CCOc1ccc(Cl)c(Cl)c1)C1CCCCC1. The van der Waals surface area contributed by atoms with E-state index in [4.69, 9.17) is 27.9 Å². The normalized spacial score (nSPS) is 16.3. The Kier molecular flexibility index (Phi) is 5.53. The van der Waals surface area contributed by atoms with Crippen LogP contribution in [0.2, 0.25) is 10.0 Å². The lowest BCUT2D eigenvalue weighted by Gasteiger charge is -2.20. The van der Waals surface area contributed by atoms with Crippen molar-refractivity contribution in [2.45, 2.75) is 38.5 Å². The van der Waals surface area contributed by atoms with E-state index >= 15 is 0 Å². The van der Waals surface area contributed by atoms with Gasteiger partial charge in [-0.2, -0.15) is 0 Å².